The van der Waals surface area contributed by atoms with Crippen molar-refractivity contribution in [2.75, 3.05) is 6.61 Å². The van der Waals surface area contributed by atoms with Crippen molar-refractivity contribution >= 4 is 5.97 Å². The SMILES string of the molecule is C=C1CCC2C(C)(C1)C(CC(O)C1=CC(=O)OC1)CC1C(C)(C)CCCC12C. The maximum atomic E-state index is 11.5. The van der Waals surface area contributed by atoms with Crippen LogP contribution in [0.1, 0.15) is 79.1 Å². The van der Waals surface area contributed by atoms with Gasteiger partial charge in [-0.1, -0.05) is 46.3 Å². The molecule has 6 atom stereocenters. The number of carbonyl (C=O) groups excluding carboxylic acids is 1. The number of aliphatic hydroxyl groups excluding tert-OH is 1. The lowest BCUT2D eigenvalue weighted by atomic mass is 9.38. The van der Waals surface area contributed by atoms with Crippen LogP contribution in [0.15, 0.2) is 23.8 Å². The summed E-state index contributed by atoms with van der Waals surface area (Å²) >= 11 is 0. The molecule has 4 aliphatic rings. The van der Waals surface area contributed by atoms with Crippen LogP contribution in [0.3, 0.4) is 0 Å². The lowest BCUT2D eigenvalue weighted by molar-refractivity contribution is -0.171. The van der Waals surface area contributed by atoms with Crippen LogP contribution in [-0.4, -0.2) is 23.8 Å². The predicted molar refractivity (Wildman–Crippen MR) is 112 cm³/mol. The lowest BCUT2D eigenvalue weighted by Gasteiger charge is -2.67. The van der Waals surface area contributed by atoms with E-state index in [1.165, 1.54) is 43.8 Å². The minimum atomic E-state index is -0.569. The summed E-state index contributed by atoms with van der Waals surface area (Å²) in [7, 11) is 0. The lowest BCUT2D eigenvalue weighted by Crippen LogP contribution is -2.59. The third kappa shape index (κ3) is 3.09. The smallest absolute Gasteiger partial charge is 0.331 e. The third-order valence-electron chi connectivity index (χ3n) is 9.36. The summed E-state index contributed by atoms with van der Waals surface area (Å²) in [5, 5.41) is 11.0. The molecule has 1 N–H and O–H groups in total. The fourth-order valence-electron chi connectivity index (χ4n) is 8.03. The highest BCUT2D eigenvalue weighted by Crippen LogP contribution is 2.69. The average molecular weight is 387 g/mol. The summed E-state index contributed by atoms with van der Waals surface area (Å²) < 4.78 is 5.05. The van der Waals surface area contributed by atoms with Crippen molar-refractivity contribution in [2.24, 2.45) is 34.0 Å². The van der Waals surface area contributed by atoms with Crippen LogP contribution in [0.25, 0.3) is 0 Å². The summed E-state index contributed by atoms with van der Waals surface area (Å²) in [5.41, 5.74) is 3.09. The quantitative estimate of drug-likeness (QED) is 0.519. The highest BCUT2D eigenvalue weighted by molar-refractivity contribution is 5.85. The zero-order valence-corrected chi connectivity index (χ0v) is 18.2. The molecular weight excluding hydrogens is 348 g/mol. The van der Waals surface area contributed by atoms with Crippen molar-refractivity contribution < 1.29 is 14.6 Å². The molecule has 3 nitrogen and oxygen atoms in total. The number of fused-ring (bicyclic) bond motifs is 3. The zero-order chi connectivity index (χ0) is 20.3. The van der Waals surface area contributed by atoms with E-state index in [0.717, 1.165) is 24.8 Å². The van der Waals surface area contributed by atoms with E-state index < -0.39 is 6.10 Å². The molecule has 3 heteroatoms. The molecule has 156 valence electrons. The molecule has 28 heavy (non-hydrogen) atoms. The molecule has 0 amide bonds. The molecule has 3 aliphatic carbocycles. The summed E-state index contributed by atoms with van der Waals surface area (Å²) in [4.78, 5) is 11.5. The van der Waals surface area contributed by atoms with Crippen LogP contribution < -0.4 is 0 Å². The molecule has 0 saturated heterocycles. The van der Waals surface area contributed by atoms with Gasteiger partial charge >= 0.3 is 5.97 Å². The van der Waals surface area contributed by atoms with Gasteiger partial charge < -0.3 is 9.84 Å². The molecule has 3 saturated carbocycles. The summed E-state index contributed by atoms with van der Waals surface area (Å²) in [5.74, 6) is 1.53. The topological polar surface area (TPSA) is 46.5 Å². The van der Waals surface area contributed by atoms with Crippen molar-refractivity contribution in [1.82, 2.24) is 0 Å². The van der Waals surface area contributed by atoms with Gasteiger partial charge in [-0.25, -0.2) is 4.79 Å². The van der Waals surface area contributed by atoms with Gasteiger partial charge in [-0.15, -0.1) is 0 Å². The Morgan fingerprint density at radius 1 is 1.21 bits per heavy atom. The number of hydrogen-bond acceptors (Lipinski definition) is 3. The Hall–Kier alpha value is -1.09. The minimum Gasteiger partial charge on any atom is -0.458 e. The molecule has 0 aromatic carbocycles. The van der Waals surface area contributed by atoms with E-state index in [1.807, 2.05) is 0 Å². The highest BCUT2D eigenvalue weighted by atomic mass is 16.5. The summed E-state index contributed by atoms with van der Waals surface area (Å²) in [6.07, 6.45) is 10.3. The Balaban J connectivity index is 1.67. The maximum Gasteiger partial charge on any atom is 0.331 e. The number of carbonyl (C=O) groups is 1. The molecule has 0 bridgehead atoms. The minimum absolute atomic E-state index is 0.193. The first-order valence-corrected chi connectivity index (χ1v) is 11.3. The van der Waals surface area contributed by atoms with Crippen molar-refractivity contribution in [3.63, 3.8) is 0 Å². The number of aliphatic hydroxyl groups is 1. The molecule has 1 heterocycles. The maximum absolute atomic E-state index is 11.5. The first-order valence-electron chi connectivity index (χ1n) is 11.3. The van der Waals surface area contributed by atoms with E-state index >= 15 is 0 Å². The second kappa shape index (κ2) is 6.72. The fraction of sp³-hybridized carbons (Fsp3) is 0.800. The molecule has 0 radical (unpaired) electrons. The molecule has 3 fully saturated rings. The van der Waals surface area contributed by atoms with E-state index in [0.29, 0.717) is 28.6 Å². The van der Waals surface area contributed by atoms with Crippen LogP contribution >= 0.6 is 0 Å². The highest BCUT2D eigenvalue weighted by Gasteiger charge is 2.62. The fourth-order valence-corrected chi connectivity index (χ4v) is 8.03. The normalized spacial score (nSPS) is 43.6. The van der Waals surface area contributed by atoms with Crippen LogP contribution in [-0.2, 0) is 9.53 Å². The van der Waals surface area contributed by atoms with Gasteiger partial charge in [-0.05, 0) is 78.9 Å². The van der Waals surface area contributed by atoms with Crippen molar-refractivity contribution in [2.45, 2.75) is 85.2 Å². The molecule has 4 rings (SSSR count). The second-order valence-corrected chi connectivity index (χ2v) is 11.4. The molecule has 0 aromatic rings. The van der Waals surface area contributed by atoms with Gasteiger partial charge in [-0.3, -0.25) is 0 Å². The number of hydrogen-bond donors (Lipinski definition) is 1. The van der Waals surface area contributed by atoms with Gasteiger partial charge in [0.1, 0.15) is 6.61 Å². The van der Waals surface area contributed by atoms with Gasteiger partial charge in [0, 0.05) is 11.6 Å². The van der Waals surface area contributed by atoms with Gasteiger partial charge in [0.25, 0.3) is 0 Å². The Morgan fingerprint density at radius 2 is 1.96 bits per heavy atom. The number of cyclic esters (lactones) is 1. The molecule has 0 aromatic heterocycles. The second-order valence-electron chi connectivity index (χ2n) is 11.4. The molecule has 1 aliphatic heterocycles. The van der Waals surface area contributed by atoms with E-state index in [4.69, 9.17) is 4.74 Å². The largest absolute Gasteiger partial charge is 0.458 e. The first-order chi connectivity index (χ1) is 13.1. The van der Waals surface area contributed by atoms with Crippen molar-refractivity contribution in [3.05, 3.63) is 23.8 Å². The standard InChI is InChI=1S/C25H38O3/c1-16-7-8-20-24(4)10-6-9-23(2,3)21(24)13-18(25(20,5)14-16)12-19(26)17-11-22(27)28-15-17/h11,18-21,26H,1,6-10,12-15H2,2-5H3. The first kappa shape index (κ1) is 20.2. The van der Waals surface area contributed by atoms with Crippen LogP contribution in [0, 0.1) is 34.0 Å². The monoisotopic (exact) mass is 386 g/mol. The number of ether oxygens (including phenoxy) is 1. The number of esters is 1. The van der Waals surface area contributed by atoms with E-state index in [2.05, 4.69) is 34.3 Å². The van der Waals surface area contributed by atoms with Gasteiger partial charge in [0.2, 0.25) is 0 Å². The Labute approximate surface area is 170 Å². The predicted octanol–water partition coefficient (Wildman–Crippen LogP) is 5.44. The Kier molecular flexibility index (Phi) is 4.85. The van der Waals surface area contributed by atoms with Gasteiger partial charge in [-0.2, -0.15) is 0 Å². The van der Waals surface area contributed by atoms with Crippen LogP contribution in [0.4, 0.5) is 0 Å². The molecular formula is C25H38O3. The van der Waals surface area contributed by atoms with E-state index in [1.54, 1.807) is 0 Å². The number of allylic oxidation sites excluding steroid dienone is 1. The zero-order valence-electron chi connectivity index (χ0n) is 18.2. The third-order valence-corrected chi connectivity index (χ3v) is 9.36. The van der Waals surface area contributed by atoms with Gasteiger partial charge in [0.15, 0.2) is 0 Å². The Bertz CT molecular complexity index is 705. The number of rotatable bonds is 3. The summed E-state index contributed by atoms with van der Waals surface area (Å²) in [6.45, 7) is 14.6. The van der Waals surface area contributed by atoms with E-state index in [9.17, 15) is 9.90 Å². The van der Waals surface area contributed by atoms with E-state index in [-0.39, 0.29) is 18.0 Å². The molecule has 0 spiro atoms. The van der Waals surface area contributed by atoms with Crippen molar-refractivity contribution in [3.8, 4) is 0 Å². The average Bonchev–Trinajstić information content (AvgIpc) is 3.02. The van der Waals surface area contributed by atoms with Gasteiger partial charge in [0.05, 0.1) is 6.10 Å². The Morgan fingerprint density at radius 3 is 2.64 bits per heavy atom. The molecule has 6 unspecified atom stereocenters. The summed E-state index contributed by atoms with van der Waals surface area (Å²) in [6, 6.07) is 0. The van der Waals surface area contributed by atoms with Crippen molar-refractivity contribution in [1.29, 1.82) is 0 Å². The van der Waals surface area contributed by atoms with Crippen LogP contribution in [0.5, 0.6) is 0 Å². The van der Waals surface area contributed by atoms with Crippen LogP contribution in [0.2, 0.25) is 0 Å².